The summed E-state index contributed by atoms with van der Waals surface area (Å²) in [5, 5.41) is 25.0. The van der Waals surface area contributed by atoms with Gasteiger partial charge in [-0.05, 0) is 98.5 Å². The van der Waals surface area contributed by atoms with Crippen molar-refractivity contribution in [2.24, 2.45) is 15.3 Å². The highest BCUT2D eigenvalue weighted by Crippen LogP contribution is 2.43. The molecule has 0 saturated carbocycles. The lowest BCUT2D eigenvalue weighted by atomic mass is 9.93. The summed E-state index contributed by atoms with van der Waals surface area (Å²) >= 11 is 0. The van der Waals surface area contributed by atoms with E-state index in [1.54, 1.807) is 206 Å². The summed E-state index contributed by atoms with van der Waals surface area (Å²) in [5.74, 6) is -6.13. The second-order valence-electron chi connectivity index (χ2n) is 32.9. The number of azide groups is 3. The van der Waals surface area contributed by atoms with Gasteiger partial charge in [0, 0.05) is 21.8 Å². The number of esters is 6. The number of methoxy groups -OCH3 is 3. The van der Waals surface area contributed by atoms with Crippen LogP contribution in [0, 0.1) is 0 Å². The maximum Gasteiger partial charge on any atom is 0.338 e. The molecule has 10 unspecified atom stereocenters. The molecule has 38 nitrogen and oxygen atoms in total. The zero-order valence-corrected chi connectivity index (χ0v) is 76.6. The Balaban J connectivity index is 0.837. The van der Waals surface area contributed by atoms with Crippen LogP contribution in [0.2, 0.25) is 0 Å². The molecule has 1 N–H and O–H groups in total. The Hall–Kier alpha value is -13.7. The van der Waals surface area contributed by atoms with E-state index in [0.717, 1.165) is 14.2 Å². The van der Waals surface area contributed by atoms with Gasteiger partial charge in [0.15, 0.2) is 49.8 Å². The van der Waals surface area contributed by atoms with Crippen LogP contribution in [0.1, 0.15) is 74.8 Å². The maximum atomic E-state index is 15.4. The lowest BCUT2D eigenvalue weighted by molar-refractivity contribution is -0.381. The summed E-state index contributed by atoms with van der Waals surface area (Å²) in [4.78, 5) is 99.4. The highest BCUT2D eigenvalue weighted by atomic mass is 16.8. The van der Waals surface area contributed by atoms with Gasteiger partial charge in [-0.2, -0.15) is 0 Å². The van der Waals surface area contributed by atoms with Gasteiger partial charge in [0.25, 0.3) is 0 Å². The van der Waals surface area contributed by atoms with Gasteiger partial charge < -0.3 is 109 Å². The van der Waals surface area contributed by atoms with Gasteiger partial charge in [-0.3, -0.25) is 0 Å². The Morgan fingerprint density at radius 3 is 0.894 bits per heavy atom. The molecule has 5 fully saturated rings. The van der Waals surface area contributed by atoms with E-state index in [2.05, 4.69) is 30.1 Å². The van der Waals surface area contributed by atoms with E-state index in [1.165, 1.54) is 55.6 Å². The summed E-state index contributed by atoms with van der Waals surface area (Å²) in [5.41, 5.74) is 36.1. The molecule has 734 valence electrons. The fraction of sp³-hybridized carbons (Fsp3) is 0.359. The topological polar surface area (TPSA) is 472 Å². The number of carbonyl (C=O) groups excluding carboxylic acids is 6. The zero-order chi connectivity index (χ0) is 98.2. The summed E-state index contributed by atoms with van der Waals surface area (Å²) in [6, 6.07) is 79.4. The summed E-state index contributed by atoms with van der Waals surface area (Å²) in [7, 11) is 3.36. The molecular weight excluding hydrogens is 1830 g/mol. The van der Waals surface area contributed by atoms with Crippen molar-refractivity contribution in [1.29, 1.82) is 0 Å². The van der Waals surface area contributed by atoms with Crippen molar-refractivity contribution in [2.45, 2.75) is 193 Å². The number of rotatable bonds is 43. The first-order chi connectivity index (χ1) is 69.1. The van der Waals surface area contributed by atoms with Crippen molar-refractivity contribution in [2.75, 3.05) is 41.2 Å². The van der Waals surface area contributed by atoms with E-state index in [9.17, 15) is 31.3 Å². The minimum atomic E-state index is -2.21. The fourth-order valence-electron chi connectivity index (χ4n) is 16.9. The van der Waals surface area contributed by atoms with Crippen molar-refractivity contribution in [1.82, 2.24) is 0 Å². The van der Waals surface area contributed by atoms with E-state index < -0.39 is 216 Å². The Morgan fingerprint density at radius 1 is 0.284 bits per heavy atom. The van der Waals surface area contributed by atoms with Crippen LogP contribution in [0.5, 0.6) is 0 Å². The lowest BCUT2D eigenvalue weighted by Gasteiger charge is -2.51. The number of hydrogen-bond donors (Lipinski definition) is 1. The van der Waals surface area contributed by atoms with Gasteiger partial charge in [-0.25, -0.2) is 28.8 Å². The van der Waals surface area contributed by atoms with Crippen LogP contribution in [0.25, 0.3) is 31.3 Å². The van der Waals surface area contributed by atoms with Crippen molar-refractivity contribution >= 4 is 35.8 Å². The van der Waals surface area contributed by atoms with Gasteiger partial charge in [-0.15, -0.1) is 0 Å². The van der Waals surface area contributed by atoms with Crippen LogP contribution < -0.4 is 0 Å². The van der Waals surface area contributed by atoms with Crippen molar-refractivity contribution in [3.05, 3.63) is 390 Å². The van der Waals surface area contributed by atoms with Crippen molar-refractivity contribution in [3.63, 3.8) is 0 Å². The van der Waals surface area contributed by atoms with Crippen LogP contribution in [0.15, 0.2) is 319 Å². The summed E-state index contributed by atoms with van der Waals surface area (Å²) in [6.07, 6.45) is -39.9. The van der Waals surface area contributed by atoms with Crippen LogP contribution in [-0.4, -0.2) is 235 Å². The second-order valence-corrected chi connectivity index (χ2v) is 32.9. The molecule has 141 heavy (non-hydrogen) atoms. The standard InChI is InChI=1S/C103H103N9O29/c1-120-97(118)89-87(138-100-77(108-111-105)82(124-56-64-36-16-5-17-37-64)79(123-55-63-34-14-4-15-35-63)74(133-100)61-129-93(114)69-46-26-10-27-47-69)85(126-58-66-40-20-7-21-41-66)91(128-60-68-44-24-9-25-45-68)102(140-89)136-80-73(54-113)131-101(78(109-112-106)84(80)134-95(116)71-50-30-12-31-51-71)139-88-86(127-59-67-42-22-8-23-43-67)92(135-96(117)72-52-32-13-33-53-72)103(141-90(88)98(119)121-2)137-81-75(62-130-94(115)70-48-28-11-29-49-70)132-99(122-3)76(107-110-104)83(81)125-57-65-38-18-6-19-39-65/h4-53,73-92,99-103,113H,54-62H2,1-3H3/t73?,74?,75?,76?,77?,78?,79-,80-,81-,82+,83+,84-,85-,86+,87+,88-,89?,90?,91?,92?,99+,100-,101+,102-,103-/m1/s1. The van der Waals surface area contributed by atoms with Gasteiger partial charge in [-0.1, -0.05) is 270 Å². The molecule has 25 atom stereocenters. The van der Waals surface area contributed by atoms with Crippen LogP contribution in [0.3, 0.4) is 0 Å². The van der Waals surface area contributed by atoms with Crippen LogP contribution >= 0.6 is 0 Å². The minimum absolute atomic E-state index is 0.0417. The molecule has 0 amide bonds. The molecule has 38 heteroatoms. The SMILES string of the molecule is COC(=O)C1O[C@@H](O[C@@H]2C(CO)O[C@@H](O[C@H]3C(C(=O)OC)O[C@@H](O[C@@H]4C(COC(=O)c5ccccc5)O[C@H](OC)C(N=[N+]=[N-])[C@@H]4OCc4ccccc4)C(OC(=O)c4ccccc4)[C@H]3OCc3ccccc3)C(N=[N+]=[N-])[C@H]2OC(=O)c2ccccc2)C(OCc2ccccc2)[C@H](OCc2ccccc2)[C@@H]1O[C@H]1OC(COC(=O)c2ccccc2)[C@@H](OCc2ccccc2)[C@@H](OCc2ccccc2)C1N=[N+]=[N-]. The average Bonchev–Trinajstić information content (AvgIpc) is 0.752. The molecule has 0 radical (unpaired) electrons. The average molecular weight is 1930 g/mol. The van der Waals surface area contributed by atoms with Crippen LogP contribution in [-0.2, 0) is 153 Å². The fourth-order valence-corrected chi connectivity index (χ4v) is 16.9. The van der Waals surface area contributed by atoms with Gasteiger partial charge in [0.1, 0.15) is 117 Å². The smallest absolute Gasteiger partial charge is 0.338 e. The number of nitrogens with zero attached hydrogens (tertiary/aromatic N) is 9. The third-order valence-electron chi connectivity index (χ3n) is 23.8. The number of aliphatic hydroxyl groups excluding tert-OH is 1. The van der Waals surface area contributed by atoms with E-state index in [1.807, 2.05) is 48.5 Å². The summed E-state index contributed by atoms with van der Waals surface area (Å²) in [6.45, 7) is -3.74. The number of hydrogen-bond acceptors (Lipinski definition) is 32. The molecule has 0 spiro atoms. The third-order valence-corrected chi connectivity index (χ3v) is 23.8. The molecule has 0 bridgehead atoms. The van der Waals surface area contributed by atoms with Gasteiger partial charge in [0.2, 0.25) is 0 Å². The highest BCUT2D eigenvalue weighted by Gasteiger charge is 2.62. The molecule has 5 saturated heterocycles. The predicted octanol–water partition coefficient (Wildman–Crippen LogP) is 13.9. The highest BCUT2D eigenvalue weighted by molar-refractivity contribution is 5.91. The second kappa shape index (κ2) is 51.4. The molecule has 15 rings (SSSR count). The Kier molecular flexibility index (Phi) is 37.1. The maximum absolute atomic E-state index is 15.4. The molecule has 5 aliphatic heterocycles. The van der Waals surface area contributed by atoms with Crippen molar-refractivity contribution in [3.8, 4) is 0 Å². The number of ether oxygens (including phenoxy) is 22. The normalized spacial score (nSPS) is 27.4. The first-order valence-electron chi connectivity index (χ1n) is 45.3. The molecule has 0 aliphatic carbocycles. The number of aliphatic hydroxyl groups is 1. The lowest BCUT2D eigenvalue weighted by Crippen LogP contribution is -2.69. The summed E-state index contributed by atoms with van der Waals surface area (Å²) < 4.78 is 147. The van der Waals surface area contributed by atoms with E-state index >= 15 is 19.2 Å². The first-order valence-corrected chi connectivity index (χ1v) is 45.3. The minimum Gasteiger partial charge on any atom is -0.467 e. The number of benzene rings is 10. The van der Waals surface area contributed by atoms with Gasteiger partial charge >= 0.3 is 35.8 Å². The quantitative estimate of drug-likeness (QED) is 0.0122. The Morgan fingerprint density at radius 2 is 0.546 bits per heavy atom. The van der Waals surface area contributed by atoms with Crippen molar-refractivity contribution < 1.29 is 138 Å². The van der Waals surface area contributed by atoms with E-state index in [4.69, 9.17) is 104 Å². The monoisotopic (exact) mass is 1930 g/mol. The third kappa shape index (κ3) is 26.5. The van der Waals surface area contributed by atoms with Crippen LogP contribution in [0.4, 0.5) is 0 Å². The van der Waals surface area contributed by atoms with Gasteiger partial charge in [0.05, 0.1) is 82.7 Å². The molecule has 10 aromatic carbocycles. The predicted molar refractivity (Wildman–Crippen MR) is 495 cm³/mol. The molecular formula is C103H103N9O29. The largest absolute Gasteiger partial charge is 0.467 e. The Bertz CT molecular complexity index is 5790. The Labute approximate surface area is 809 Å². The molecule has 5 heterocycles. The molecule has 0 aromatic heterocycles. The molecule has 5 aliphatic rings. The zero-order valence-electron chi connectivity index (χ0n) is 76.6. The first kappa shape index (κ1) is 102. The van der Waals surface area contributed by atoms with E-state index in [0.29, 0.717) is 33.4 Å². The molecule has 10 aromatic rings. The number of carbonyl (C=O) groups is 6. The van der Waals surface area contributed by atoms with E-state index in [-0.39, 0.29) is 55.3 Å².